The number of nitrogens with one attached hydrogen (secondary N) is 2. The van der Waals surface area contributed by atoms with Crippen LogP contribution in [0.15, 0.2) is 47.5 Å². The number of likely N-dealkylation sites (tertiary alicyclic amines) is 1. The zero-order valence-electron chi connectivity index (χ0n) is 31.0. The fourth-order valence-electron chi connectivity index (χ4n) is 7.76. The highest BCUT2D eigenvalue weighted by molar-refractivity contribution is 7.89. The number of piperidine rings is 2. The van der Waals surface area contributed by atoms with Crippen molar-refractivity contribution in [3.63, 3.8) is 0 Å². The molecule has 5 aromatic rings. The molecule has 3 aliphatic rings. The van der Waals surface area contributed by atoms with Gasteiger partial charge in [-0.05, 0) is 74.5 Å². The molecule has 2 aromatic carbocycles. The molecule has 3 fully saturated rings. The van der Waals surface area contributed by atoms with Crippen LogP contribution in [0.25, 0.3) is 21.9 Å². The van der Waals surface area contributed by atoms with E-state index in [0.717, 1.165) is 36.8 Å². The van der Waals surface area contributed by atoms with Gasteiger partial charge in [0.15, 0.2) is 16.6 Å². The number of aromatic nitrogens is 6. The Bertz CT molecular complexity index is 2480. The Hall–Kier alpha value is -5.35. The second-order valence-corrected chi connectivity index (χ2v) is 16.7. The van der Waals surface area contributed by atoms with Gasteiger partial charge in [-0.2, -0.15) is 24.7 Å². The summed E-state index contributed by atoms with van der Waals surface area (Å²) < 4.78 is 38.4. The molecule has 0 radical (unpaired) electrons. The lowest BCUT2D eigenvalue weighted by atomic mass is 9.89. The minimum Gasteiger partial charge on any atom is -0.491 e. The highest BCUT2D eigenvalue weighted by Gasteiger charge is 2.32. The van der Waals surface area contributed by atoms with Crippen LogP contribution in [0.5, 0.6) is 5.75 Å². The largest absolute Gasteiger partial charge is 0.491 e. The molecule has 3 saturated heterocycles. The van der Waals surface area contributed by atoms with E-state index in [1.807, 2.05) is 13.1 Å². The van der Waals surface area contributed by atoms with Gasteiger partial charge in [0, 0.05) is 70.4 Å². The third kappa shape index (κ3) is 7.34. The number of nitriles is 1. The van der Waals surface area contributed by atoms with Crippen LogP contribution in [-0.4, -0.2) is 111 Å². The van der Waals surface area contributed by atoms with Crippen molar-refractivity contribution in [3.05, 3.63) is 58.9 Å². The van der Waals surface area contributed by atoms with Crippen molar-refractivity contribution in [1.29, 1.82) is 5.26 Å². The molecule has 3 aliphatic heterocycles. The summed E-state index contributed by atoms with van der Waals surface area (Å²) in [6.45, 7) is 3.55. The first kappa shape index (κ1) is 37.6. The molecule has 3 aromatic heterocycles. The van der Waals surface area contributed by atoms with Gasteiger partial charge in [-0.3, -0.25) is 24.6 Å². The quantitative estimate of drug-likeness (QED) is 0.208. The monoisotopic (exact) mass is 800 g/mol. The van der Waals surface area contributed by atoms with E-state index in [1.54, 1.807) is 22.6 Å². The molecule has 6 heterocycles. The summed E-state index contributed by atoms with van der Waals surface area (Å²) in [4.78, 5) is 36.9. The number of carbonyl (C=O) groups excluding carboxylic acids is 2. The van der Waals surface area contributed by atoms with Gasteiger partial charge in [-0.25, -0.2) is 22.9 Å². The standard InChI is InChI=1S/C37H41ClN12O5S/c1-46-30-19-24(4-6-28(30)35(45-46)50-16-11-32(51)42-37(50)52)23-7-12-48(13-8-23)17-18-55-31-20-27(5-3-25(31)21-39)56(53,54)49-14-9-26(10-15-49)41-36-40-22-29-33(38)44-47(2)34(29)43-36/h3-6,19-20,22-23,26H,7-18H2,1-2H3,(H,40,41,43)(H,42,51,52). The molecular weight excluding hydrogens is 760 g/mol. The molecule has 0 atom stereocenters. The lowest BCUT2D eigenvalue weighted by Crippen LogP contribution is -2.49. The minimum absolute atomic E-state index is 0.0179. The summed E-state index contributed by atoms with van der Waals surface area (Å²) in [7, 11) is -0.216. The van der Waals surface area contributed by atoms with Gasteiger partial charge in [0.25, 0.3) is 0 Å². The van der Waals surface area contributed by atoms with Crippen LogP contribution in [0.3, 0.4) is 0 Å². The van der Waals surface area contributed by atoms with Gasteiger partial charge in [0.2, 0.25) is 21.9 Å². The van der Waals surface area contributed by atoms with Crippen molar-refractivity contribution in [1.82, 2.24) is 44.1 Å². The zero-order valence-corrected chi connectivity index (χ0v) is 32.6. The summed E-state index contributed by atoms with van der Waals surface area (Å²) in [5, 5.41) is 26.1. The van der Waals surface area contributed by atoms with E-state index >= 15 is 0 Å². The van der Waals surface area contributed by atoms with Crippen molar-refractivity contribution in [2.75, 3.05) is 56.1 Å². The molecule has 3 amide bonds. The van der Waals surface area contributed by atoms with Crippen molar-refractivity contribution in [2.24, 2.45) is 14.1 Å². The highest BCUT2D eigenvalue weighted by atomic mass is 35.5. The lowest BCUT2D eigenvalue weighted by molar-refractivity contribution is -0.120. The van der Waals surface area contributed by atoms with E-state index in [4.69, 9.17) is 16.3 Å². The molecule has 8 rings (SSSR count). The number of hydrogen-bond acceptors (Lipinski definition) is 12. The smallest absolute Gasteiger partial charge is 0.329 e. The number of carbonyl (C=O) groups is 2. The van der Waals surface area contributed by atoms with E-state index in [-0.39, 0.29) is 34.6 Å². The predicted molar refractivity (Wildman–Crippen MR) is 208 cm³/mol. The van der Waals surface area contributed by atoms with Gasteiger partial charge in [-0.15, -0.1) is 0 Å². The molecule has 0 aliphatic carbocycles. The fraction of sp³-hybridized carbons (Fsp3) is 0.432. The van der Waals surface area contributed by atoms with Crippen LogP contribution < -0.4 is 20.3 Å². The second-order valence-electron chi connectivity index (χ2n) is 14.4. The van der Waals surface area contributed by atoms with Crippen molar-refractivity contribution < 1.29 is 22.7 Å². The number of sulfonamides is 1. The fourth-order valence-corrected chi connectivity index (χ4v) is 9.50. The van der Waals surface area contributed by atoms with Gasteiger partial charge in [-0.1, -0.05) is 17.7 Å². The highest BCUT2D eigenvalue weighted by Crippen LogP contribution is 2.34. The third-order valence-electron chi connectivity index (χ3n) is 10.9. The molecule has 19 heteroatoms. The van der Waals surface area contributed by atoms with E-state index in [1.165, 1.54) is 33.0 Å². The van der Waals surface area contributed by atoms with E-state index in [2.05, 4.69) is 53.9 Å². The molecular formula is C37H41ClN12O5S. The summed E-state index contributed by atoms with van der Waals surface area (Å²) >= 11 is 6.14. The summed E-state index contributed by atoms with van der Waals surface area (Å²) in [5.41, 5.74) is 3.02. The topological polar surface area (TPSA) is 196 Å². The first-order chi connectivity index (χ1) is 27.0. The average molecular weight is 801 g/mol. The summed E-state index contributed by atoms with van der Waals surface area (Å²) in [6, 6.07) is 12.3. The van der Waals surface area contributed by atoms with E-state index < -0.39 is 16.1 Å². The Kier molecular flexibility index (Phi) is 10.3. The number of imide groups is 1. The number of nitrogens with zero attached hydrogens (tertiary/aromatic N) is 10. The second kappa shape index (κ2) is 15.3. The van der Waals surface area contributed by atoms with Crippen LogP contribution in [0.4, 0.5) is 16.6 Å². The zero-order chi connectivity index (χ0) is 39.1. The number of benzene rings is 2. The average Bonchev–Trinajstić information content (AvgIpc) is 3.68. The van der Waals surface area contributed by atoms with Gasteiger partial charge < -0.3 is 10.1 Å². The Morgan fingerprint density at radius 2 is 1.77 bits per heavy atom. The Morgan fingerprint density at radius 1 is 0.982 bits per heavy atom. The van der Waals surface area contributed by atoms with Crippen LogP contribution in [0.1, 0.15) is 49.1 Å². The molecule has 0 spiro atoms. The van der Waals surface area contributed by atoms with Crippen molar-refractivity contribution >= 4 is 67.3 Å². The number of ether oxygens (including phenoxy) is 1. The maximum atomic E-state index is 13.7. The predicted octanol–water partition coefficient (Wildman–Crippen LogP) is 3.74. The summed E-state index contributed by atoms with van der Waals surface area (Å²) in [6.07, 6.45) is 4.87. The molecule has 292 valence electrons. The van der Waals surface area contributed by atoms with Gasteiger partial charge in [0.1, 0.15) is 18.4 Å². The van der Waals surface area contributed by atoms with Gasteiger partial charge in [0.05, 0.1) is 21.4 Å². The molecule has 0 unspecified atom stereocenters. The van der Waals surface area contributed by atoms with Crippen LogP contribution >= 0.6 is 11.6 Å². The van der Waals surface area contributed by atoms with Crippen molar-refractivity contribution in [2.45, 2.75) is 49.0 Å². The molecule has 56 heavy (non-hydrogen) atoms. The first-order valence-corrected chi connectivity index (χ1v) is 20.4. The molecule has 2 N–H and O–H groups in total. The number of rotatable bonds is 10. The SMILES string of the molecule is Cn1nc(N2CCC(=O)NC2=O)c2ccc(C3CCN(CCOc4cc(S(=O)(=O)N5CCC(Nc6ncc7c(Cl)nn(C)c7n6)CC5)ccc4C#N)CC3)cc21. The number of amides is 3. The van der Waals surface area contributed by atoms with Crippen LogP contribution in [-0.2, 0) is 28.9 Å². The Balaban J connectivity index is 0.839. The number of aryl methyl sites for hydroxylation is 2. The number of fused-ring (bicyclic) bond motifs is 2. The summed E-state index contributed by atoms with van der Waals surface area (Å²) in [5.74, 6) is 1.30. The third-order valence-corrected chi connectivity index (χ3v) is 13.1. The van der Waals surface area contributed by atoms with E-state index in [9.17, 15) is 23.3 Å². The number of halogens is 1. The van der Waals surface area contributed by atoms with Crippen LogP contribution in [0, 0.1) is 11.3 Å². The van der Waals surface area contributed by atoms with E-state index in [0.29, 0.717) is 79.5 Å². The Labute approximate surface area is 328 Å². The lowest BCUT2D eigenvalue weighted by Gasteiger charge is -2.32. The number of urea groups is 1. The van der Waals surface area contributed by atoms with Gasteiger partial charge >= 0.3 is 6.03 Å². The first-order valence-electron chi connectivity index (χ1n) is 18.6. The Morgan fingerprint density at radius 3 is 2.52 bits per heavy atom. The van der Waals surface area contributed by atoms with Crippen LogP contribution in [0.2, 0.25) is 5.15 Å². The maximum Gasteiger partial charge on any atom is 0.329 e. The number of hydrogen-bond donors (Lipinski definition) is 2. The minimum atomic E-state index is -3.83. The normalized spacial score (nSPS) is 18.1. The molecule has 0 bridgehead atoms. The molecule has 0 saturated carbocycles. The number of anilines is 2. The maximum absolute atomic E-state index is 13.7. The molecule has 17 nitrogen and oxygen atoms in total. The van der Waals surface area contributed by atoms with Crippen molar-refractivity contribution in [3.8, 4) is 11.8 Å².